The molecule has 6 heteroatoms. The molecule has 0 heterocycles. The number of nitrogens with zero attached hydrogens (tertiary/aromatic N) is 1. The number of ketones is 2. The van der Waals surface area contributed by atoms with Crippen LogP contribution in [0.4, 0.5) is 5.69 Å². The molecule has 0 aromatic heterocycles. The number of Topliss-reactive ketones (excluding diaryl/α,β-unsaturated/α-hetero) is 2. The average molecular weight is 282 g/mol. The van der Waals surface area contributed by atoms with E-state index < -0.39 is 10.8 Å². The Bertz CT molecular complexity index is 556. The van der Waals surface area contributed by atoms with E-state index in [1.165, 1.54) is 12.1 Å². The summed E-state index contributed by atoms with van der Waals surface area (Å²) in [7, 11) is 0. The van der Waals surface area contributed by atoms with E-state index in [1.807, 2.05) is 0 Å². The fourth-order valence-electron chi connectivity index (χ4n) is 2.27. The van der Waals surface area contributed by atoms with Gasteiger partial charge in [0.1, 0.15) is 5.78 Å². The lowest BCUT2D eigenvalue weighted by atomic mass is 9.83. The van der Waals surface area contributed by atoms with Crippen LogP contribution in [0, 0.1) is 16.0 Å². The van der Waals surface area contributed by atoms with Gasteiger partial charge in [-0.05, 0) is 18.9 Å². The van der Waals surface area contributed by atoms with E-state index in [9.17, 15) is 19.7 Å². The van der Waals surface area contributed by atoms with Crippen molar-refractivity contribution in [3.63, 3.8) is 0 Å². The van der Waals surface area contributed by atoms with E-state index in [4.69, 9.17) is 11.6 Å². The molecule has 0 spiro atoms. The van der Waals surface area contributed by atoms with Crippen molar-refractivity contribution in [2.45, 2.75) is 25.7 Å². The predicted octanol–water partition coefficient (Wildman–Crippen LogP) is 3.19. The van der Waals surface area contributed by atoms with Gasteiger partial charge in [-0.1, -0.05) is 18.0 Å². The Morgan fingerprint density at radius 1 is 1.37 bits per heavy atom. The van der Waals surface area contributed by atoms with Gasteiger partial charge in [-0.25, -0.2) is 0 Å². The highest BCUT2D eigenvalue weighted by Crippen LogP contribution is 2.29. The molecule has 19 heavy (non-hydrogen) atoms. The third-order valence-electron chi connectivity index (χ3n) is 3.30. The molecule has 1 fully saturated rings. The Hall–Kier alpha value is -1.75. The summed E-state index contributed by atoms with van der Waals surface area (Å²) >= 11 is 5.90. The summed E-state index contributed by atoms with van der Waals surface area (Å²) in [6.07, 6.45) is 2.61. The van der Waals surface area contributed by atoms with Crippen molar-refractivity contribution < 1.29 is 14.5 Å². The second kappa shape index (κ2) is 5.48. The molecule has 0 bridgehead atoms. The molecule has 100 valence electrons. The van der Waals surface area contributed by atoms with E-state index in [-0.39, 0.29) is 27.8 Å². The van der Waals surface area contributed by atoms with Crippen molar-refractivity contribution in [2.75, 3.05) is 0 Å². The van der Waals surface area contributed by atoms with E-state index in [0.29, 0.717) is 12.8 Å². The van der Waals surface area contributed by atoms with Gasteiger partial charge in [0.2, 0.25) is 0 Å². The SMILES string of the molecule is O=C1CCCCC1C(=O)c1ccc([N+](=O)[O-])cc1Cl. The maximum Gasteiger partial charge on any atom is 0.270 e. The van der Waals surface area contributed by atoms with Gasteiger partial charge >= 0.3 is 0 Å². The first kappa shape index (κ1) is 13.7. The van der Waals surface area contributed by atoms with Crippen LogP contribution in [0.25, 0.3) is 0 Å². The number of carbonyl (C=O) groups excluding carboxylic acids is 2. The van der Waals surface area contributed by atoms with Crippen LogP contribution in [-0.2, 0) is 4.79 Å². The Labute approximate surface area is 114 Å². The molecule has 1 aliphatic carbocycles. The number of nitro benzene ring substituents is 1. The van der Waals surface area contributed by atoms with Crippen molar-refractivity contribution in [2.24, 2.45) is 5.92 Å². The molecule has 1 aromatic rings. The lowest BCUT2D eigenvalue weighted by molar-refractivity contribution is -0.384. The summed E-state index contributed by atoms with van der Waals surface area (Å²) in [4.78, 5) is 34.0. The minimum absolute atomic E-state index is 0.0255. The van der Waals surface area contributed by atoms with Crippen molar-refractivity contribution in [1.82, 2.24) is 0 Å². The van der Waals surface area contributed by atoms with Gasteiger partial charge in [0.25, 0.3) is 5.69 Å². The van der Waals surface area contributed by atoms with Crippen LogP contribution in [0.3, 0.4) is 0 Å². The maximum absolute atomic E-state index is 12.2. The Morgan fingerprint density at radius 2 is 2.11 bits per heavy atom. The van der Waals surface area contributed by atoms with Crippen LogP contribution in [0.15, 0.2) is 18.2 Å². The van der Waals surface area contributed by atoms with Gasteiger partial charge in [-0.15, -0.1) is 0 Å². The van der Waals surface area contributed by atoms with E-state index in [0.717, 1.165) is 18.9 Å². The molecule has 1 saturated carbocycles. The van der Waals surface area contributed by atoms with E-state index >= 15 is 0 Å². The Kier molecular flexibility index (Phi) is 3.95. The molecule has 1 aliphatic rings. The summed E-state index contributed by atoms with van der Waals surface area (Å²) in [6.45, 7) is 0. The van der Waals surface area contributed by atoms with Crippen molar-refractivity contribution in [3.8, 4) is 0 Å². The van der Waals surface area contributed by atoms with Crippen LogP contribution in [-0.4, -0.2) is 16.5 Å². The van der Waals surface area contributed by atoms with Crippen LogP contribution in [0.5, 0.6) is 0 Å². The zero-order valence-electron chi connectivity index (χ0n) is 10.1. The number of carbonyl (C=O) groups is 2. The lowest BCUT2D eigenvalue weighted by Gasteiger charge is -2.19. The standard InChI is InChI=1S/C13H12ClNO4/c14-11-7-8(15(18)19)5-6-9(11)13(17)10-3-1-2-4-12(10)16/h5-7,10H,1-4H2. The third kappa shape index (κ3) is 2.81. The van der Waals surface area contributed by atoms with Gasteiger partial charge in [0, 0.05) is 24.1 Å². The highest BCUT2D eigenvalue weighted by atomic mass is 35.5. The summed E-state index contributed by atoms with van der Waals surface area (Å²) in [5, 5.41) is 10.6. The van der Waals surface area contributed by atoms with Gasteiger partial charge in [-0.2, -0.15) is 0 Å². The molecule has 2 rings (SSSR count). The summed E-state index contributed by atoms with van der Waals surface area (Å²) in [6, 6.07) is 3.69. The molecule has 0 saturated heterocycles. The van der Waals surface area contributed by atoms with Crippen molar-refractivity contribution in [1.29, 1.82) is 0 Å². The quantitative estimate of drug-likeness (QED) is 0.369. The second-order valence-electron chi connectivity index (χ2n) is 4.55. The number of non-ortho nitro benzene ring substituents is 1. The van der Waals surface area contributed by atoms with Crippen LogP contribution in [0.1, 0.15) is 36.0 Å². The fourth-order valence-corrected chi connectivity index (χ4v) is 2.53. The highest BCUT2D eigenvalue weighted by molar-refractivity contribution is 6.34. The molecule has 1 aromatic carbocycles. The molecule has 1 unspecified atom stereocenters. The maximum atomic E-state index is 12.2. The third-order valence-corrected chi connectivity index (χ3v) is 3.61. The number of halogens is 1. The molecule has 0 amide bonds. The number of benzene rings is 1. The second-order valence-corrected chi connectivity index (χ2v) is 4.96. The molecule has 1 atom stereocenters. The zero-order valence-corrected chi connectivity index (χ0v) is 10.9. The molecule has 0 aliphatic heterocycles. The molecule has 0 radical (unpaired) electrons. The first-order valence-corrected chi connectivity index (χ1v) is 6.39. The largest absolute Gasteiger partial charge is 0.299 e. The molecule has 0 N–H and O–H groups in total. The lowest BCUT2D eigenvalue weighted by Crippen LogP contribution is -2.27. The first-order valence-electron chi connectivity index (χ1n) is 6.01. The van der Waals surface area contributed by atoms with Gasteiger partial charge in [-0.3, -0.25) is 19.7 Å². The minimum atomic E-state index is -0.646. The smallest absolute Gasteiger partial charge is 0.270 e. The fraction of sp³-hybridized carbons (Fsp3) is 0.385. The highest BCUT2D eigenvalue weighted by Gasteiger charge is 2.31. The molecule has 5 nitrogen and oxygen atoms in total. The number of hydrogen-bond donors (Lipinski definition) is 0. The van der Waals surface area contributed by atoms with Crippen LogP contribution in [0.2, 0.25) is 5.02 Å². The van der Waals surface area contributed by atoms with E-state index in [2.05, 4.69) is 0 Å². The summed E-state index contributed by atoms with van der Waals surface area (Å²) in [5.41, 5.74) is 0.0176. The van der Waals surface area contributed by atoms with Gasteiger partial charge < -0.3 is 0 Å². The number of rotatable bonds is 3. The van der Waals surface area contributed by atoms with Gasteiger partial charge in [0.15, 0.2) is 5.78 Å². The summed E-state index contributed by atoms with van der Waals surface area (Å²) < 4.78 is 0. The molecular formula is C13H12ClNO4. The van der Waals surface area contributed by atoms with Crippen molar-refractivity contribution >= 4 is 28.9 Å². The normalized spacial score (nSPS) is 19.2. The van der Waals surface area contributed by atoms with Crippen LogP contribution >= 0.6 is 11.6 Å². The molecular weight excluding hydrogens is 270 g/mol. The van der Waals surface area contributed by atoms with E-state index in [1.54, 1.807) is 0 Å². The number of nitro groups is 1. The average Bonchev–Trinajstić information content (AvgIpc) is 2.38. The Balaban J connectivity index is 2.28. The van der Waals surface area contributed by atoms with Crippen molar-refractivity contribution in [3.05, 3.63) is 38.9 Å². The first-order chi connectivity index (χ1) is 9.00. The minimum Gasteiger partial charge on any atom is -0.299 e. The topological polar surface area (TPSA) is 77.3 Å². The zero-order chi connectivity index (χ0) is 14.0. The summed E-state index contributed by atoms with van der Waals surface area (Å²) in [5.74, 6) is -1.04. The van der Waals surface area contributed by atoms with Crippen LogP contribution < -0.4 is 0 Å². The monoisotopic (exact) mass is 281 g/mol. The predicted molar refractivity (Wildman–Crippen MR) is 69.4 cm³/mol. The Morgan fingerprint density at radius 3 is 2.68 bits per heavy atom. The van der Waals surface area contributed by atoms with Gasteiger partial charge in [0.05, 0.1) is 15.9 Å². The number of hydrogen-bond acceptors (Lipinski definition) is 4.